The van der Waals surface area contributed by atoms with E-state index in [1.54, 1.807) is 0 Å². The summed E-state index contributed by atoms with van der Waals surface area (Å²) in [6.45, 7) is 5.50. The van der Waals surface area contributed by atoms with Gasteiger partial charge in [0, 0.05) is 25.6 Å². The van der Waals surface area contributed by atoms with Crippen LogP contribution in [0.5, 0.6) is 0 Å². The number of hydrogen-bond donors (Lipinski definition) is 1. The van der Waals surface area contributed by atoms with Crippen LogP contribution in [0.15, 0.2) is 12.1 Å². The van der Waals surface area contributed by atoms with E-state index in [2.05, 4.69) is 33.4 Å². The number of rotatable bonds is 3. The van der Waals surface area contributed by atoms with Crippen LogP contribution in [0.3, 0.4) is 0 Å². The summed E-state index contributed by atoms with van der Waals surface area (Å²) in [6, 6.07) is 4.86. The predicted molar refractivity (Wildman–Crippen MR) is 86.1 cm³/mol. The third-order valence-corrected chi connectivity index (χ3v) is 5.16. The molecule has 2 fully saturated rings. The van der Waals surface area contributed by atoms with Crippen molar-refractivity contribution >= 4 is 11.5 Å². The molecule has 2 aliphatic heterocycles. The Kier molecular flexibility index (Phi) is 3.70. The average Bonchev–Trinajstić information content (AvgIpc) is 3.24. The van der Waals surface area contributed by atoms with E-state index in [0.717, 1.165) is 48.8 Å². The van der Waals surface area contributed by atoms with Crippen molar-refractivity contribution in [3.63, 3.8) is 0 Å². The van der Waals surface area contributed by atoms with Gasteiger partial charge in [-0.15, -0.1) is 15.3 Å². The molecule has 0 aliphatic carbocycles. The van der Waals surface area contributed by atoms with Crippen LogP contribution in [-0.2, 0) is 6.42 Å². The van der Waals surface area contributed by atoms with Gasteiger partial charge in [0.15, 0.2) is 11.5 Å². The second-order valence-corrected chi connectivity index (χ2v) is 6.46. The monoisotopic (exact) mass is 300 g/mol. The molecule has 0 amide bonds. The molecule has 22 heavy (non-hydrogen) atoms. The van der Waals surface area contributed by atoms with Crippen LogP contribution in [0.1, 0.15) is 38.4 Å². The van der Waals surface area contributed by atoms with Gasteiger partial charge in [0.2, 0.25) is 0 Å². The fraction of sp³-hybridized carbons (Fsp3) is 0.688. The fourth-order valence-electron chi connectivity index (χ4n) is 3.86. The first kappa shape index (κ1) is 13.9. The van der Waals surface area contributed by atoms with E-state index in [9.17, 15) is 0 Å². The molecule has 0 bridgehead atoms. The molecule has 2 aromatic heterocycles. The minimum absolute atomic E-state index is 0.752. The number of aryl methyl sites for hydroxylation is 1. The Morgan fingerprint density at radius 2 is 2.05 bits per heavy atom. The van der Waals surface area contributed by atoms with Crippen LogP contribution in [0.4, 0.5) is 5.82 Å². The van der Waals surface area contributed by atoms with Crippen LogP contribution in [0.2, 0.25) is 0 Å². The predicted octanol–water partition coefficient (Wildman–Crippen LogP) is 1.66. The fourth-order valence-corrected chi connectivity index (χ4v) is 3.86. The third-order valence-electron chi connectivity index (χ3n) is 5.16. The zero-order valence-corrected chi connectivity index (χ0v) is 13.2. The molecule has 4 rings (SSSR count). The molecule has 4 heterocycles. The van der Waals surface area contributed by atoms with Crippen molar-refractivity contribution in [2.24, 2.45) is 5.92 Å². The first-order chi connectivity index (χ1) is 10.8. The highest BCUT2D eigenvalue weighted by Crippen LogP contribution is 2.27. The van der Waals surface area contributed by atoms with Crippen LogP contribution < -0.4 is 10.2 Å². The van der Waals surface area contributed by atoms with Crippen molar-refractivity contribution in [2.75, 3.05) is 24.5 Å². The summed E-state index contributed by atoms with van der Waals surface area (Å²) in [4.78, 5) is 2.41. The first-order valence-corrected chi connectivity index (χ1v) is 8.55. The molecule has 2 aliphatic rings. The van der Waals surface area contributed by atoms with Gasteiger partial charge in [0.1, 0.15) is 5.82 Å². The van der Waals surface area contributed by atoms with Gasteiger partial charge < -0.3 is 10.2 Å². The summed E-state index contributed by atoms with van der Waals surface area (Å²) >= 11 is 0. The number of fused-ring (bicyclic) bond motifs is 1. The van der Waals surface area contributed by atoms with E-state index in [4.69, 9.17) is 5.10 Å². The normalized spacial score (nSPS) is 23.5. The Morgan fingerprint density at radius 3 is 2.77 bits per heavy atom. The van der Waals surface area contributed by atoms with Crippen LogP contribution >= 0.6 is 0 Å². The molecule has 0 radical (unpaired) electrons. The maximum Gasteiger partial charge on any atom is 0.178 e. The zero-order chi connectivity index (χ0) is 14.9. The summed E-state index contributed by atoms with van der Waals surface area (Å²) in [5, 5.41) is 16.8. The lowest BCUT2D eigenvalue weighted by Crippen LogP contribution is -2.41. The lowest BCUT2D eigenvalue weighted by molar-refractivity contribution is 0.318. The summed E-state index contributed by atoms with van der Waals surface area (Å²) in [5.41, 5.74) is 0.839. The topological polar surface area (TPSA) is 58.4 Å². The molecule has 0 aromatic carbocycles. The third kappa shape index (κ3) is 2.45. The van der Waals surface area contributed by atoms with E-state index in [1.165, 1.54) is 32.2 Å². The van der Waals surface area contributed by atoms with Crippen LogP contribution in [-0.4, -0.2) is 45.5 Å². The summed E-state index contributed by atoms with van der Waals surface area (Å²) < 4.78 is 1.89. The van der Waals surface area contributed by atoms with Gasteiger partial charge in [0.05, 0.1) is 0 Å². The second kappa shape index (κ2) is 5.83. The highest BCUT2D eigenvalue weighted by Gasteiger charge is 2.28. The molecule has 0 spiro atoms. The van der Waals surface area contributed by atoms with Gasteiger partial charge in [-0.1, -0.05) is 6.92 Å². The molecule has 2 aromatic rings. The maximum absolute atomic E-state index is 4.75. The van der Waals surface area contributed by atoms with Crippen LogP contribution in [0, 0.1) is 5.92 Å². The smallest absolute Gasteiger partial charge is 0.178 e. The first-order valence-electron chi connectivity index (χ1n) is 8.55. The minimum Gasteiger partial charge on any atom is -0.355 e. The minimum atomic E-state index is 0.752. The lowest BCUT2D eigenvalue weighted by atomic mass is 9.88. The molecule has 1 atom stereocenters. The summed E-state index contributed by atoms with van der Waals surface area (Å²) in [7, 11) is 0. The van der Waals surface area contributed by atoms with Crippen molar-refractivity contribution in [2.45, 2.75) is 45.1 Å². The molecular formula is C16H24N6. The number of hydrogen-bond acceptors (Lipinski definition) is 5. The Labute approximate surface area is 130 Å². The van der Waals surface area contributed by atoms with Gasteiger partial charge in [0.25, 0.3) is 0 Å². The van der Waals surface area contributed by atoms with Gasteiger partial charge >= 0.3 is 0 Å². The molecule has 0 saturated carbocycles. The van der Waals surface area contributed by atoms with Crippen molar-refractivity contribution in [3.8, 4) is 0 Å². The molecule has 6 heteroatoms. The maximum atomic E-state index is 4.75. The van der Waals surface area contributed by atoms with Crippen LogP contribution in [0.25, 0.3) is 5.65 Å². The Balaban J connectivity index is 1.48. The molecule has 1 unspecified atom stereocenters. The van der Waals surface area contributed by atoms with Gasteiger partial charge in [-0.05, 0) is 50.3 Å². The van der Waals surface area contributed by atoms with Crippen molar-refractivity contribution in [3.05, 3.63) is 18.0 Å². The van der Waals surface area contributed by atoms with Crippen molar-refractivity contribution < 1.29 is 0 Å². The van der Waals surface area contributed by atoms with Crippen molar-refractivity contribution in [1.82, 2.24) is 25.1 Å². The summed E-state index contributed by atoms with van der Waals surface area (Å²) in [5.74, 6) is 2.82. The van der Waals surface area contributed by atoms with Gasteiger partial charge in [-0.3, -0.25) is 0 Å². The number of nitrogens with zero attached hydrogens (tertiary/aromatic N) is 5. The average molecular weight is 300 g/mol. The number of aromatic nitrogens is 4. The quantitative estimate of drug-likeness (QED) is 0.934. The Morgan fingerprint density at radius 1 is 1.18 bits per heavy atom. The van der Waals surface area contributed by atoms with E-state index in [1.807, 2.05) is 10.6 Å². The zero-order valence-electron chi connectivity index (χ0n) is 13.2. The standard InChI is InChI=1S/C16H24N6/c1-2-14-18-19-15-5-6-16(20-22(14)15)21-10-7-12(8-11-21)13-4-3-9-17-13/h5-6,12-13,17H,2-4,7-11H2,1H3. The highest BCUT2D eigenvalue weighted by molar-refractivity contribution is 5.46. The Hall–Kier alpha value is -1.69. The largest absolute Gasteiger partial charge is 0.355 e. The lowest BCUT2D eigenvalue weighted by Gasteiger charge is -2.35. The van der Waals surface area contributed by atoms with E-state index in [0.29, 0.717) is 0 Å². The van der Waals surface area contributed by atoms with Gasteiger partial charge in [-0.25, -0.2) is 0 Å². The van der Waals surface area contributed by atoms with E-state index in [-0.39, 0.29) is 0 Å². The number of anilines is 1. The second-order valence-electron chi connectivity index (χ2n) is 6.46. The highest BCUT2D eigenvalue weighted by atomic mass is 15.4. The molecule has 118 valence electrons. The van der Waals surface area contributed by atoms with Gasteiger partial charge in [-0.2, -0.15) is 4.52 Å². The SMILES string of the molecule is CCc1nnc2ccc(N3CCC(C4CCCN4)CC3)nn12. The molecule has 1 N–H and O–H groups in total. The molecule has 6 nitrogen and oxygen atoms in total. The number of piperidine rings is 1. The molecular weight excluding hydrogens is 276 g/mol. The van der Waals surface area contributed by atoms with E-state index >= 15 is 0 Å². The van der Waals surface area contributed by atoms with E-state index < -0.39 is 0 Å². The van der Waals surface area contributed by atoms with Crippen molar-refractivity contribution in [1.29, 1.82) is 0 Å². The summed E-state index contributed by atoms with van der Waals surface area (Å²) in [6.07, 6.45) is 6.08. The number of nitrogens with one attached hydrogen (secondary N) is 1. The molecule has 2 saturated heterocycles. The Bertz CT molecular complexity index is 637.